The second kappa shape index (κ2) is 14.1. The van der Waals surface area contributed by atoms with E-state index in [9.17, 15) is 5.11 Å². The van der Waals surface area contributed by atoms with Crippen molar-refractivity contribution in [1.82, 2.24) is 0 Å². The molecule has 0 aromatic heterocycles. The molecule has 0 spiro atoms. The van der Waals surface area contributed by atoms with E-state index in [0.717, 1.165) is 5.75 Å². The molecule has 2 aromatic rings. The van der Waals surface area contributed by atoms with E-state index in [2.05, 4.69) is 26.0 Å². The second-order valence-corrected chi connectivity index (χ2v) is 8.21. The average Bonchev–Trinajstić information content (AvgIpc) is 2.74. The maximum atomic E-state index is 10.1. The van der Waals surface area contributed by atoms with Crippen molar-refractivity contribution in [1.29, 1.82) is 0 Å². The largest absolute Gasteiger partial charge is 0.504 e. The molecule has 0 aliphatic rings. The van der Waals surface area contributed by atoms with Crippen LogP contribution in [0.2, 0.25) is 0 Å². The summed E-state index contributed by atoms with van der Waals surface area (Å²) in [6.07, 6.45) is 15.6. The molecule has 0 bridgehead atoms. The van der Waals surface area contributed by atoms with E-state index in [0.29, 0.717) is 11.7 Å². The number of rotatable bonds is 15. The molecule has 1 atom stereocenters. The lowest BCUT2D eigenvalue weighted by atomic mass is 9.87. The lowest BCUT2D eigenvalue weighted by molar-refractivity contribution is 0.402. The van der Waals surface area contributed by atoms with Gasteiger partial charge in [0, 0.05) is 0 Å². The summed E-state index contributed by atoms with van der Waals surface area (Å²) in [4.78, 5) is 0. The second-order valence-electron chi connectivity index (χ2n) is 8.21. The first-order chi connectivity index (χ1) is 14.3. The molecule has 29 heavy (non-hydrogen) atoms. The Morgan fingerprint density at radius 3 is 1.83 bits per heavy atom. The minimum atomic E-state index is 0.192. The van der Waals surface area contributed by atoms with Gasteiger partial charge in [0.15, 0.2) is 11.5 Å². The van der Waals surface area contributed by atoms with Gasteiger partial charge in [0.05, 0.1) is 0 Å². The maximum absolute atomic E-state index is 10.1. The Hall–Kier alpha value is -1.96. The Labute approximate surface area is 178 Å². The molecule has 1 N–H and O–H groups in total. The first-order valence-electron chi connectivity index (χ1n) is 11.8. The van der Waals surface area contributed by atoms with Gasteiger partial charge in [0.2, 0.25) is 0 Å². The van der Waals surface area contributed by atoms with Crippen LogP contribution in [-0.4, -0.2) is 5.11 Å². The van der Waals surface area contributed by atoms with Crippen molar-refractivity contribution >= 4 is 0 Å². The summed E-state index contributed by atoms with van der Waals surface area (Å²) in [6, 6.07) is 15.6. The van der Waals surface area contributed by atoms with Crippen LogP contribution in [-0.2, 0) is 0 Å². The zero-order chi connectivity index (χ0) is 20.7. The molecule has 0 radical (unpaired) electrons. The highest BCUT2D eigenvalue weighted by molar-refractivity contribution is 5.45. The van der Waals surface area contributed by atoms with Crippen molar-refractivity contribution in [2.45, 2.75) is 96.8 Å². The van der Waals surface area contributed by atoms with Gasteiger partial charge < -0.3 is 9.84 Å². The molecule has 0 aliphatic heterocycles. The number of benzene rings is 2. The summed E-state index contributed by atoms with van der Waals surface area (Å²) in [6.45, 7) is 4.54. The van der Waals surface area contributed by atoms with Crippen LogP contribution in [0.3, 0.4) is 0 Å². The zero-order valence-corrected chi connectivity index (χ0v) is 18.5. The summed E-state index contributed by atoms with van der Waals surface area (Å²) in [5, 5.41) is 10.1. The van der Waals surface area contributed by atoms with Gasteiger partial charge in [-0.05, 0) is 42.5 Å². The molecule has 0 fully saturated rings. The first kappa shape index (κ1) is 23.3. The van der Waals surface area contributed by atoms with Crippen LogP contribution in [0.5, 0.6) is 17.2 Å². The minimum absolute atomic E-state index is 0.192. The molecule has 2 heteroatoms. The maximum Gasteiger partial charge on any atom is 0.169 e. The molecular formula is C27H40O2. The van der Waals surface area contributed by atoms with Crippen molar-refractivity contribution in [2.75, 3.05) is 0 Å². The Bertz CT molecular complexity index is 680. The van der Waals surface area contributed by atoms with Gasteiger partial charge in [-0.3, -0.25) is 0 Å². The van der Waals surface area contributed by atoms with Crippen molar-refractivity contribution < 1.29 is 9.84 Å². The molecule has 0 heterocycles. The van der Waals surface area contributed by atoms with Crippen molar-refractivity contribution in [2.24, 2.45) is 0 Å². The lowest BCUT2D eigenvalue weighted by Gasteiger charge is -2.21. The minimum Gasteiger partial charge on any atom is -0.504 e. The van der Waals surface area contributed by atoms with Crippen LogP contribution >= 0.6 is 0 Å². The van der Waals surface area contributed by atoms with Crippen molar-refractivity contribution in [3.05, 3.63) is 54.1 Å². The van der Waals surface area contributed by atoms with Gasteiger partial charge in [-0.1, -0.05) is 108 Å². The molecule has 160 valence electrons. The summed E-state index contributed by atoms with van der Waals surface area (Å²) < 4.78 is 6.16. The molecule has 0 amide bonds. The van der Waals surface area contributed by atoms with Crippen LogP contribution in [0, 0.1) is 0 Å². The Morgan fingerprint density at radius 1 is 0.655 bits per heavy atom. The van der Waals surface area contributed by atoms with E-state index in [1.807, 2.05) is 30.3 Å². The van der Waals surface area contributed by atoms with E-state index >= 15 is 0 Å². The highest BCUT2D eigenvalue weighted by Gasteiger charge is 2.17. The first-order valence-corrected chi connectivity index (χ1v) is 11.8. The van der Waals surface area contributed by atoms with Crippen LogP contribution < -0.4 is 4.74 Å². The summed E-state index contributed by atoms with van der Waals surface area (Å²) in [7, 11) is 0. The van der Waals surface area contributed by atoms with E-state index < -0.39 is 0 Å². The van der Waals surface area contributed by atoms with Crippen molar-refractivity contribution in [3.8, 4) is 17.2 Å². The number of hydrogen-bond donors (Lipinski definition) is 1. The fraction of sp³-hybridized carbons (Fsp3) is 0.556. The summed E-state index contributed by atoms with van der Waals surface area (Å²) in [5.74, 6) is 2.14. The summed E-state index contributed by atoms with van der Waals surface area (Å²) >= 11 is 0. The fourth-order valence-corrected chi connectivity index (χ4v) is 4.02. The number of phenols is 1. The number of phenolic OH excluding ortho intramolecular Hbond substituents is 1. The average molecular weight is 397 g/mol. The molecular weight excluding hydrogens is 356 g/mol. The van der Waals surface area contributed by atoms with Gasteiger partial charge in [0.1, 0.15) is 5.75 Å². The number of hydrogen-bond acceptors (Lipinski definition) is 2. The highest BCUT2D eigenvalue weighted by Crippen LogP contribution is 2.38. The SMILES string of the molecule is CCCCCCCCC(CCCCCC)c1ccccc1Oc1ccccc1O. The normalized spacial score (nSPS) is 12.1. The molecule has 0 aliphatic carbocycles. The summed E-state index contributed by atoms with van der Waals surface area (Å²) in [5.41, 5.74) is 1.29. The Morgan fingerprint density at radius 2 is 1.17 bits per heavy atom. The van der Waals surface area contributed by atoms with Crippen molar-refractivity contribution in [3.63, 3.8) is 0 Å². The van der Waals surface area contributed by atoms with E-state index in [-0.39, 0.29) is 5.75 Å². The quantitative estimate of drug-likeness (QED) is 0.304. The van der Waals surface area contributed by atoms with E-state index in [1.54, 1.807) is 6.07 Å². The van der Waals surface area contributed by atoms with Crippen LogP contribution in [0.15, 0.2) is 48.5 Å². The molecule has 1 unspecified atom stereocenters. The smallest absolute Gasteiger partial charge is 0.169 e. The molecule has 0 saturated carbocycles. The zero-order valence-electron chi connectivity index (χ0n) is 18.5. The molecule has 2 nitrogen and oxygen atoms in total. The number of ether oxygens (including phenoxy) is 1. The lowest BCUT2D eigenvalue weighted by Crippen LogP contribution is -2.02. The topological polar surface area (TPSA) is 29.5 Å². The molecule has 2 rings (SSSR count). The molecule has 2 aromatic carbocycles. The van der Waals surface area contributed by atoms with Gasteiger partial charge in [-0.25, -0.2) is 0 Å². The third kappa shape index (κ3) is 8.51. The predicted molar refractivity (Wildman–Crippen MR) is 124 cm³/mol. The fourth-order valence-electron chi connectivity index (χ4n) is 4.02. The monoisotopic (exact) mass is 396 g/mol. The van der Waals surface area contributed by atoms with Gasteiger partial charge in [-0.2, -0.15) is 0 Å². The van der Waals surface area contributed by atoms with Gasteiger partial charge in [0.25, 0.3) is 0 Å². The van der Waals surface area contributed by atoms with Crippen LogP contribution in [0.4, 0.5) is 0 Å². The van der Waals surface area contributed by atoms with Crippen LogP contribution in [0.1, 0.15) is 102 Å². The third-order valence-corrected chi connectivity index (χ3v) is 5.76. The van der Waals surface area contributed by atoms with E-state index in [1.165, 1.54) is 82.6 Å². The Balaban J connectivity index is 2.06. The Kier molecular flexibility index (Phi) is 11.3. The number of unbranched alkanes of at least 4 members (excludes halogenated alkanes) is 8. The number of aromatic hydroxyl groups is 1. The number of para-hydroxylation sites is 3. The standard InChI is InChI=1S/C27H40O2/c1-3-5-7-9-10-12-18-23(17-11-8-6-4-2)24-19-13-15-21-26(24)29-27-22-16-14-20-25(27)28/h13-16,19-23,28H,3-12,17-18H2,1-2H3. The predicted octanol–water partition coefficient (Wildman–Crippen LogP) is 8.99. The highest BCUT2D eigenvalue weighted by atomic mass is 16.5. The van der Waals surface area contributed by atoms with Crippen LogP contribution in [0.25, 0.3) is 0 Å². The third-order valence-electron chi connectivity index (χ3n) is 5.76. The molecule has 0 saturated heterocycles. The van der Waals surface area contributed by atoms with Gasteiger partial charge in [-0.15, -0.1) is 0 Å². The van der Waals surface area contributed by atoms with Gasteiger partial charge >= 0.3 is 0 Å². The van der Waals surface area contributed by atoms with E-state index in [4.69, 9.17) is 4.74 Å².